The van der Waals surface area contributed by atoms with Gasteiger partial charge in [0.05, 0.1) is 6.61 Å². The lowest BCUT2D eigenvalue weighted by Gasteiger charge is -2.25. The summed E-state index contributed by atoms with van der Waals surface area (Å²) in [7, 11) is 0. The van der Waals surface area contributed by atoms with Gasteiger partial charge in [0.25, 0.3) is 0 Å². The minimum Gasteiger partial charge on any atom is -0.464 e. The monoisotopic (exact) mass is 227 g/mol. The van der Waals surface area contributed by atoms with Crippen molar-refractivity contribution in [1.82, 2.24) is 5.32 Å². The zero-order valence-corrected chi connectivity index (χ0v) is 10.1. The molecular formula is C12H21NO3. The Kier molecular flexibility index (Phi) is 5.29. The van der Waals surface area contributed by atoms with Gasteiger partial charge in [0, 0.05) is 5.92 Å². The van der Waals surface area contributed by atoms with E-state index in [2.05, 4.69) is 5.32 Å². The van der Waals surface area contributed by atoms with E-state index in [0.717, 1.165) is 32.1 Å². The Morgan fingerprint density at radius 3 is 2.62 bits per heavy atom. The highest BCUT2D eigenvalue weighted by Gasteiger charge is 2.27. The molecule has 0 saturated heterocycles. The maximum Gasteiger partial charge on any atom is 0.328 e. The first-order valence-corrected chi connectivity index (χ1v) is 6.12. The molecule has 16 heavy (non-hydrogen) atoms. The molecule has 4 nitrogen and oxygen atoms in total. The summed E-state index contributed by atoms with van der Waals surface area (Å²) >= 11 is 0. The van der Waals surface area contributed by atoms with Crippen LogP contribution in [0.4, 0.5) is 0 Å². The maximum absolute atomic E-state index is 11.6. The molecule has 1 rings (SSSR count). The van der Waals surface area contributed by atoms with Crippen molar-refractivity contribution in [3.05, 3.63) is 0 Å². The van der Waals surface area contributed by atoms with Gasteiger partial charge in [-0.25, -0.2) is 4.79 Å². The summed E-state index contributed by atoms with van der Waals surface area (Å²) in [5.41, 5.74) is 0. The van der Waals surface area contributed by atoms with Gasteiger partial charge in [-0.05, 0) is 26.2 Å². The van der Waals surface area contributed by atoms with Crippen LogP contribution in [0.25, 0.3) is 0 Å². The first-order chi connectivity index (χ1) is 7.65. The minimum absolute atomic E-state index is 0.00816. The summed E-state index contributed by atoms with van der Waals surface area (Å²) < 4.78 is 5.02. The number of hydrogen-bond donors (Lipinski definition) is 1. The zero-order valence-electron chi connectivity index (χ0n) is 10.1. The number of hydrogen-bond acceptors (Lipinski definition) is 3. The smallest absolute Gasteiger partial charge is 0.328 e. The van der Waals surface area contributed by atoms with Crippen molar-refractivity contribution in [3.8, 4) is 0 Å². The number of carbonyl (C=O) groups excluding carboxylic acids is 2. The van der Waals surface area contributed by atoms with Gasteiger partial charge in [0.15, 0.2) is 0 Å². The molecular weight excluding hydrogens is 206 g/mol. The summed E-state index contributed by atoms with van der Waals surface area (Å²) in [6, 6.07) is -0.523. The van der Waals surface area contributed by atoms with Crippen LogP contribution in [0.3, 0.4) is 0 Å². The van der Waals surface area contributed by atoms with E-state index >= 15 is 0 Å². The van der Waals surface area contributed by atoms with Gasteiger partial charge in [-0.2, -0.15) is 0 Å². The van der Waals surface area contributed by atoms with E-state index in [1.807, 2.05) is 6.92 Å². The third kappa shape index (κ3) is 3.83. The average Bonchev–Trinajstić information content (AvgIpc) is 2.14. The van der Waals surface area contributed by atoms with Gasteiger partial charge in [-0.15, -0.1) is 0 Å². The highest BCUT2D eigenvalue weighted by molar-refractivity contribution is 5.85. The van der Waals surface area contributed by atoms with Crippen LogP contribution >= 0.6 is 0 Å². The molecule has 1 saturated carbocycles. The van der Waals surface area contributed by atoms with Crippen LogP contribution in [-0.2, 0) is 14.3 Å². The summed E-state index contributed by atoms with van der Waals surface area (Å²) in [6.45, 7) is 4.15. The Hall–Kier alpha value is -1.06. The average molecular weight is 227 g/mol. The fraction of sp³-hybridized carbons (Fsp3) is 0.833. The van der Waals surface area contributed by atoms with Crippen molar-refractivity contribution in [2.75, 3.05) is 6.61 Å². The van der Waals surface area contributed by atoms with Crippen molar-refractivity contribution in [2.45, 2.75) is 52.0 Å². The van der Waals surface area contributed by atoms with Crippen LogP contribution in [0.5, 0.6) is 0 Å². The van der Waals surface area contributed by atoms with Gasteiger partial charge in [-0.1, -0.05) is 19.8 Å². The molecule has 0 aromatic heterocycles. The molecule has 92 valence electrons. The number of carbonyl (C=O) groups is 2. The number of unbranched alkanes of at least 4 members (excludes halogenated alkanes) is 1. The number of ether oxygens (including phenoxy) is 1. The molecule has 4 heteroatoms. The van der Waals surface area contributed by atoms with Gasteiger partial charge in [0.2, 0.25) is 5.91 Å². The quantitative estimate of drug-likeness (QED) is 0.554. The molecule has 0 aromatic rings. The number of esters is 1. The third-order valence-corrected chi connectivity index (χ3v) is 2.93. The number of rotatable bonds is 6. The maximum atomic E-state index is 11.6. The third-order valence-electron chi connectivity index (χ3n) is 2.93. The molecule has 1 aliphatic carbocycles. The standard InChI is InChI=1S/C12H21NO3/c1-3-4-8-16-12(15)9(2)13-11(14)10-6-5-7-10/h9-10H,3-8H2,1-2H3,(H,13,14)/t9-/m1/s1. The van der Waals surface area contributed by atoms with E-state index < -0.39 is 6.04 Å². The van der Waals surface area contributed by atoms with Crippen molar-refractivity contribution >= 4 is 11.9 Å². The van der Waals surface area contributed by atoms with Gasteiger partial charge in [0.1, 0.15) is 6.04 Å². The Labute approximate surface area is 96.7 Å². The van der Waals surface area contributed by atoms with Crippen LogP contribution in [0.15, 0.2) is 0 Å². The second-order valence-electron chi connectivity index (χ2n) is 4.38. The predicted octanol–water partition coefficient (Wildman–Crippen LogP) is 1.63. The molecule has 0 aliphatic heterocycles. The lowest BCUT2D eigenvalue weighted by Crippen LogP contribution is -2.44. The van der Waals surface area contributed by atoms with E-state index in [1.54, 1.807) is 6.92 Å². The molecule has 0 heterocycles. The van der Waals surface area contributed by atoms with E-state index in [-0.39, 0.29) is 17.8 Å². The van der Waals surface area contributed by atoms with E-state index in [4.69, 9.17) is 4.74 Å². The van der Waals surface area contributed by atoms with E-state index in [9.17, 15) is 9.59 Å². The van der Waals surface area contributed by atoms with Crippen LogP contribution in [-0.4, -0.2) is 24.5 Å². The largest absolute Gasteiger partial charge is 0.464 e. The topological polar surface area (TPSA) is 55.4 Å². The Balaban J connectivity index is 2.19. The molecule has 0 bridgehead atoms. The fourth-order valence-electron chi connectivity index (χ4n) is 1.50. The lowest BCUT2D eigenvalue weighted by atomic mass is 9.84. The second kappa shape index (κ2) is 6.51. The molecule has 1 fully saturated rings. The lowest BCUT2D eigenvalue weighted by molar-refractivity contribution is -0.148. The SMILES string of the molecule is CCCCOC(=O)[C@@H](C)NC(=O)C1CCC1. The van der Waals surface area contributed by atoms with Crippen LogP contribution < -0.4 is 5.32 Å². The van der Waals surface area contributed by atoms with Crippen molar-refractivity contribution in [2.24, 2.45) is 5.92 Å². The van der Waals surface area contributed by atoms with Gasteiger partial charge >= 0.3 is 5.97 Å². The summed E-state index contributed by atoms with van der Waals surface area (Å²) in [5, 5.41) is 2.70. The Morgan fingerprint density at radius 2 is 2.12 bits per heavy atom. The van der Waals surface area contributed by atoms with Crippen LogP contribution in [0.2, 0.25) is 0 Å². The summed E-state index contributed by atoms with van der Waals surface area (Å²) in [6.07, 6.45) is 4.88. The number of amides is 1. The highest BCUT2D eigenvalue weighted by atomic mass is 16.5. The zero-order chi connectivity index (χ0) is 12.0. The minimum atomic E-state index is -0.523. The van der Waals surface area contributed by atoms with Crippen molar-refractivity contribution < 1.29 is 14.3 Å². The van der Waals surface area contributed by atoms with Crippen LogP contribution in [0, 0.1) is 5.92 Å². The van der Waals surface area contributed by atoms with Gasteiger partial charge < -0.3 is 10.1 Å². The first kappa shape index (κ1) is 13.0. The normalized spacial score (nSPS) is 17.4. The fourth-order valence-corrected chi connectivity index (χ4v) is 1.50. The molecule has 0 radical (unpaired) electrons. The molecule has 0 aromatic carbocycles. The van der Waals surface area contributed by atoms with Gasteiger partial charge in [-0.3, -0.25) is 4.79 Å². The van der Waals surface area contributed by atoms with Crippen LogP contribution in [0.1, 0.15) is 46.0 Å². The molecule has 0 unspecified atom stereocenters. The Bertz CT molecular complexity index is 249. The molecule has 1 atom stereocenters. The van der Waals surface area contributed by atoms with Crippen molar-refractivity contribution in [1.29, 1.82) is 0 Å². The molecule has 1 N–H and O–H groups in total. The van der Waals surface area contributed by atoms with E-state index in [1.165, 1.54) is 0 Å². The van der Waals surface area contributed by atoms with E-state index in [0.29, 0.717) is 6.61 Å². The molecule has 1 amide bonds. The second-order valence-corrected chi connectivity index (χ2v) is 4.38. The summed E-state index contributed by atoms with van der Waals surface area (Å²) in [4.78, 5) is 23.0. The predicted molar refractivity (Wildman–Crippen MR) is 60.8 cm³/mol. The Morgan fingerprint density at radius 1 is 1.44 bits per heavy atom. The summed E-state index contributed by atoms with van der Waals surface area (Å²) in [5.74, 6) is -0.224. The first-order valence-electron chi connectivity index (χ1n) is 6.12. The molecule has 1 aliphatic rings. The number of nitrogens with one attached hydrogen (secondary N) is 1. The highest BCUT2D eigenvalue weighted by Crippen LogP contribution is 2.26. The molecule has 0 spiro atoms. The van der Waals surface area contributed by atoms with Crippen molar-refractivity contribution in [3.63, 3.8) is 0 Å².